The molecule has 0 saturated carbocycles. The monoisotopic (exact) mass is 373 g/mol. The van der Waals surface area contributed by atoms with Gasteiger partial charge in [-0.3, -0.25) is 4.79 Å². The fraction of sp³-hybridized carbons (Fsp3) is 0.368. The first-order valence-corrected chi connectivity index (χ1v) is 9.02. The van der Waals surface area contributed by atoms with E-state index >= 15 is 0 Å². The van der Waals surface area contributed by atoms with Gasteiger partial charge >= 0.3 is 5.97 Å². The lowest BCUT2D eigenvalue weighted by Crippen LogP contribution is -2.45. The fourth-order valence-electron chi connectivity index (χ4n) is 3.82. The van der Waals surface area contributed by atoms with Crippen LogP contribution in [0.3, 0.4) is 0 Å². The van der Waals surface area contributed by atoms with Crippen LogP contribution in [0.2, 0.25) is 5.02 Å². The van der Waals surface area contributed by atoms with Crippen LogP contribution in [0.4, 0.5) is 5.69 Å². The number of nitrogens with zero attached hydrogens (tertiary/aromatic N) is 3. The number of carboxylic acids is 1. The first-order valence-electron chi connectivity index (χ1n) is 8.65. The summed E-state index contributed by atoms with van der Waals surface area (Å²) < 4.78 is 1.87. The van der Waals surface area contributed by atoms with E-state index in [0.29, 0.717) is 10.4 Å². The predicted octanol–water partition coefficient (Wildman–Crippen LogP) is 2.69. The molecule has 1 atom stereocenters. The number of benzene rings is 1. The van der Waals surface area contributed by atoms with Crippen molar-refractivity contribution >= 4 is 40.2 Å². The largest absolute Gasteiger partial charge is 0.477 e. The summed E-state index contributed by atoms with van der Waals surface area (Å²) in [4.78, 5) is 28.7. The highest BCUT2D eigenvalue weighted by Crippen LogP contribution is 2.40. The zero-order valence-electron chi connectivity index (χ0n) is 14.7. The van der Waals surface area contributed by atoms with Gasteiger partial charge in [-0.1, -0.05) is 23.8 Å². The van der Waals surface area contributed by atoms with Crippen molar-refractivity contribution in [2.45, 2.75) is 13.0 Å². The van der Waals surface area contributed by atoms with Crippen LogP contribution in [0, 0.1) is 0 Å². The molecule has 3 heterocycles. The molecule has 1 aromatic carbocycles. The summed E-state index contributed by atoms with van der Waals surface area (Å²) in [5.41, 5.74) is 1.86. The van der Waals surface area contributed by atoms with E-state index in [4.69, 9.17) is 11.6 Å². The topological polar surface area (TPSA) is 65.8 Å². The number of aromatic nitrogens is 1. The summed E-state index contributed by atoms with van der Waals surface area (Å²) >= 11 is 6.59. The lowest BCUT2D eigenvalue weighted by atomic mass is 9.98. The molecule has 6 nitrogen and oxygen atoms in total. The number of pyridine rings is 1. The maximum atomic E-state index is 12.7. The van der Waals surface area contributed by atoms with Crippen molar-refractivity contribution in [2.75, 3.05) is 38.1 Å². The van der Waals surface area contributed by atoms with Crippen molar-refractivity contribution in [3.05, 3.63) is 44.7 Å². The molecule has 0 amide bonds. The first kappa shape index (κ1) is 17.1. The Kier molecular flexibility index (Phi) is 4.04. The van der Waals surface area contributed by atoms with E-state index in [2.05, 4.69) is 16.8 Å². The molecule has 26 heavy (non-hydrogen) atoms. The molecular weight excluding hydrogens is 354 g/mol. The van der Waals surface area contributed by atoms with Crippen molar-refractivity contribution in [1.29, 1.82) is 0 Å². The van der Waals surface area contributed by atoms with E-state index in [-0.39, 0.29) is 11.6 Å². The molecule has 0 spiro atoms. The third-order valence-electron chi connectivity index (χ3n) is 5.31. The first-order chi connectivity index (χ1) is 12.4. The molecule has 1 unspecified atom stereocenters. The van der Waals surface area contributed by atoms with E-state index in [9.17, 15) is 14.7 Å². The molecular formula is C19H20ClN3O3. The standard InChI is InChI=1S/C19H20ClN3O3/c1-11-3-4-12-16-13(18(24)14(19(25)26)10-23(11)16)9-15(20)17(12)22-7-5-21(2)6-8-22/h3-4,9-11H,5-8H2,1-2H3,(H,25,26). The number of rotatable bonds is 2. The molecule has 136 valence electrons. The van der Waals surface area contributed by atoms with Crippen LogP contribution < -0.4 is 10.3 Å². The van der Waals surface area contributed by atoms with Gasteiger partial charge in [0.25, 0.3) is 0 Å². The van der Waals surface area contributed by atoms with Crippen LogP contribution in [-0.4, -0.2) is 53.8 Å². The predicted molar refractivity (Wildman–Crippen MR) is 104 cm³/mol. The van der Waals surface area contributed by atoms with Gasteiger partial charge < -0.3 is 19.5 Å². The molecule has 4 rings (SSSR count). The van der Waals surface area contributed by atoms with Gasteiger partial charge in [-0.25, -0.2) is 4.79 Å². The number of hydrogen-bond donors (Lipinski definition) is 1. The zero-order valence-corrected chi connectivity index (χ0v) is 15.5. The van der Waals surface area contributed by atoms with Crippen molar-refractivity contribution in [2.24, 2.45) is 0 Å². The number of carboxylic acid groups (broad SMARTS) is 1. The second kappa shape index (κ2) is 6.14. The van der Waals surface area contributed by atoms with E-state index < -0.39 is 11.4 Å². The molecule has 0 aliphatic carbocycles. The third kappa shape index (κ3) is 2.52. The molecule has 7 heteroatoms. The summed E-state index contributed by atoms with van der Waals surface area (Å²) in [6.07, 6.45) is 5.46. The number of likely N-dealkylation sites (N-methyl/N-ethyl adjacent to an activating group) is 1. The highest BCUT2D eigenvalue weighted by Gasteiger charge is 2.26. The molecule has 0 bridgehead atoms. The van der Waals surface area contributed by atoms with E-state index in [1.807, 2.05) is 23.6 Å². The normalized spacial score (nSPS) is 20.0. The molecule has 2 aliphatic rings. The SMILES string of the molecule is CC1C=Cc2c(N3CCN(C)CC3)c(Cl)cc3c(=O)c(C(=O)O)cn1c23. The number of halogens is 1. The maximum absolute atomic E-state index is 12.7. The number of piperazine rings is 1. The van der Waals surface area contributed by atoms with Gasteiger partial charge in [0.1, 0.15) is 5.56 Å². The summed E-state index contributed by atoms with van der Waals surface area (Å²) in [5.74, 6) is -1.22. The molecule has 1 saturated heterocycles. The van der Waals surface area contributed by atoms with Crippen molar-refractivity contribution < 1.29 is 9.90 Å². The van der Waals surface area contributed by atoms with E-state index in [0.717, 1.165) is 42.9 Å². The van der Waals surface area contributed by atoms with Crippen LogP contribution >= 0.6 is 11.6 Å². The minimum atomic E-state index is -1.22. The van der Waals surface area contributed by atoms with Crippen molar-refractivity contribution in [3.8, 4) is 0 Å². The highest BCUT2D eigenvalue weighted by molar-refractivity contribution is 6.35. The Bertz CT molecular complexity index is 1000. The summed E-state index contributed by atoms with van der Waals surface area (Å²) in [6, 6.07) is 1.59. The lowest BCUT2D eigenvalue weighted by Gasteiger charge is -2.36. The van der Waals surface area contributed by atoms with E-state index in [1.165, 1.54) is 6.20 Å². The fourth-order valence-corrected chi connectivity index (χ4v) is 4.15. The van der Waals surface area contributed by atoms with Crippen LogP contribution in [0.25, 0.3) is 17.0 Å². The summed E-state index contributed by atoms with van der Waals surface area (Å²) in [6.45, 7) is 5.57. The average molecular weight is 374 g/mol. The van der Waals surface area contributed by atoms with Gasteiger partial charge in [-0.15, -0.1) is 0 Å². The average Bonchev–Trinajstić information content (AvgIpc) is 2.60. The Hall–Kier alpha value is -2.31. The Labute approximate surface area is 155 Å². The van der Waals surface area contributed by atoms with E-state index in [1.54, 1.807) is 6.07 Å². The number of hydrogen-bond acceptors (Lipinski definition) is 4. The highest BCUT2D eigenvalue weighted by atomic mass is 35.5. The quantitative estimate of drug-likeness (QED) is 0.876. The molecule has 1 aromatic heterocycles. The van der Waals surface area contributed by atoms with Gasteiger partial charge in [0.05, 0.1) is 16.2 Å². The molecule has 2 aromatic rings. The maximum Gasteiger partial charge on any atom is 0.341 e. The number of allylic oxidation sites excluding steroid dienone is 1. The Balaban J connectivity index is 2.02. The van der Waals surface area contributed by atoms with Crippen molar-refractivity contribution in [1.82, 2.24) is 9.47 Å². The zero-order chi connectivity index (χ0) is 18.6. The second-order valence-corrected chi connectivity index (χ2v) is 7.40. The molecule has 1 N–H and O–H groups in total. The molecule has 1 fully saturated rings. The van der Waals surface area contributed by atoms with Gasteiger partial charge in [0.15, 0.2) is 0 Å². The summed E-state index contributed by atoms with van der Waals surface area (Å²) in [5, 5.41) is 10.2. The van der Waals surface area contributed by atoms with Crippen LogP contribution in [0.5, 0.6) is 0 Å². The smallest absolute Gasteiger partial charge is 0.341 e. The Morgan fingerprint density at radius 3 is 2.62 bits per heavy atom. The third-order valence-corrected chi connectivity index (χ3v) is 5.60. The molecule has 2 aliphatic heterocycles. The Morgan fingerprint density at radius 1 is 1.27 bits per heavy atom. The number of carbonyl (C=O) groups is 1. The lowest BCUT2D eigenvalue weighted by molar-refractivity contribution is 0.0695. The minimum Gasteiger partial charge on any atom is -0.477 e. The summed E-state index contributed by atoms with van der Waals surface area (Å²) in [7, 11) is 2.09. The van der Waals surface area contributed by atoms with Crippen molar-refractivity contribution in [3.63, 3.8) is 0 Å². The van der Waals surface area contributed by atoms with Crippen LogP contribution in [0.15, 0.2) is 23.1 Å². The van der Waals surface area contributed by atoms with Gasteiger partial charge in [-0.2, -0.15) is 0 Å². The second-order valence-electron chi connectivity index (χ2n) is 6.99. The number of anilines is 1. The van der Waals surface area contributed by atoms with Gasteiger partial charge in [-0.05, 0) is 20.0 Å². The van der Waals surface area contributed by atoms with Crippen LogP contribution in [-0.2, 0) is 0 Å². The minimum absolute atomic E-state index is 0.0368. The number of aromatic carboxylic acids is 1. The van der Waals surface area contributed by atoms with Gasteiger partial charge in [0, 0.05) is 49.4 Å². The Morgan fingerprint density at radius 2 is 1.96 bits per heavy atom. The van der Waals surface area contributed by atoms with Gasteiger partial charge in [0.2, 0.25) is 5.43 Å². The molecule has 0 radical (unpaired) electrons. The van der Waals surface area contributed by atoms with Crippen LogP contribution in [0.1, 0.15) is 28.9 Å².